The van der Waals surface area contributed by atoms with Gasteiger partial charge < -0.3 is 10.2 Å². The first kappa shape index (κ1) is 23.2. The lowest BCUT2D eigenvalue weighted by Crippen LogP contribution is -2.59. The van der Waals surface area contributed by atoms with Crippen LogP contribution in [0.1, 0.15) is 78.6 Å². The van der Waals surface area contributed by atoms with Gasteiger partial charge in [0.1, 0.15) is 17.7 Å². The molecule has 0 bridgehead atoms. The van der Waals surface area contributed by atoms with Crippen molar-refractivity contribution in [3.05, 3.63) is 0 Å². The molecule has 5 aliphatic rings. The number of Topliss-reactive ketones (excluding diaryl/α,β-unsaturated/α-hetero) is 2. The van der Waals surface area contributed by atoms with Crippen molar-refractivity contribution in [2.24, 2.45) is 45.6 Å². The number of nitrogens with zero attached hydrogens (tertiary/aromatic N) is 1. The highest BCUT2D eigenvalue weighted by molar-refractivity contribution is 5.95. The predicted octanol–water partition coefficient (Wildman–Crippen LogP) is 4.57. The van der Waals surface area contributed by atoms with Crippen molar-refractivity contribution < 1.29 is 14.4 Å². The van der Waals surface area contributed by atoms with Gasteiger partial charge in [0.15, 0.2) is 0 Å². The Hall–Kier alpha value is -0.940. The maximum atomic E-state index is 13.6. The molecule has 4 saturated carbocycles. The van der Waals surface area contributed by atoms with Crippen LogP contribution < -0.4 is 5.32 Å². The summed E-state index contributed by atoms with van der Waals surface area (Å²) in [6.45, 7) is 8.66. The highest BCUT2D eigenvalue weighted by atomic mass is 35.5. The second-order valence-electron chi connectivity index (χ2n) is 11.3. The Morgan fingerprint density at radius 3 is 2.61 bits per heavy atom. The van der Waals surface area contributed by atoms with E-state index in [0.29, 0.717) is 35.7 Å². The van der Waals surface area contributed by atoms with Crippen LogP contribution in [0.4, 0.5) is 0 Å². The fraction of sp³-hybridized carbons (Fsp3) is 0.880. The molecular weight excluding hydrogens is 412 g/mol. The third-order valence-corrected chi connectivity index (χ3v) is 10.0. The maximum absolute atomic E-state index is 13.6. The van der Waals surface area contributed by atoms with Crippen molar-refractivity contribution in [1.29, 1.82) is 0 Å². The molecule has 1 N–H and O–H groups in total. The van der Waals surface area contributed by atoms with E-state index in [9.17, 15) is 9.59 Å². The van der Waals surface area contributed by atoms with Crippen LogP contribution in [-0.4, -0.2) is 36.5 Å². The largest absolute Gasteiger partial charge is 0.391 e. The van der Waals surface area contributed by atoms with Gasteiger partial charge in [-0.2, -0.15) is 0 Å². The minimum Gasteiger partial charge on any atom is -0.391 e. The lowest BCUT2D eigenvalue weighted by molar-refractivity contribution is -0.156. The van der Waals surface area contributed by atoms with Crippen LogP contribution in [-0.2, 0) is 14.4 Å². The third-order valence-electron chi connectivity index (χ3n) is 10.0. The molecule has 4 aliphatic carbocycles. The molecule has 0 spiro atoms. The summed E-state index contributed by atoms with van der Waals surface area (Å²) in [6.07, 6.45) is 8.64. The van der Waals surface area contributed by atoms with Crippen molar-refractivity contribution in [1.82, 2.24) is 5.32 Å². The number of carbonyl (C=O) groups is 2. The predicted molar refractivity (Wildman–Crippen MR) is 123 cm³/mol. The van der Waals surface area contributed by atoms with Gasteiger partial charge in [0.2, 0.25) is 0 Å². The van der Waals surface area contributed by atoms with Gasteiger partial charge in [0, 0.05) is 43.1 Å². The van der Waals surface area contributed by atoms with E-state index in [-0.39, 0.29) is 41.2 Å². The summed E-state index contributed by atoms with van der Waals surface area (Å²) in [7, 11) is 0. The molecule has 0 aromatic rings. The maximum Gasteiger partial charge on any atom is 0.141 e. The zero-order chi connectivity index (χ0) is 21.1. The van der Waals surface area contributed by atoms with Crippen LogP contribution in [0.15, 0.2) is 5.16 Å². The SMILES string of the molecule is CCC1/C(=N/O[C@@H]2CCNC2)CC[C@@]2(C)[C@H]1C(=O)C[C@@H]1[C@@H]2CC[C@]2(C)C(=O)CC[C@@H]12.Cl. The van der Waals surface area contributed by atoms with Crippen LogP contribution in [0.5, 0.6) is 0 Å². The standard InChI is InChI=1S/C25H38N2O3.ClH/c1-4-16-20(27-30-15-9-12-26-14-15)8-11-25(3)19-7-10-24(2)18(5-6-22(24)29)17(19)13-21(28)23(16)25;/h15-19,23,26H,4-14H2,1-3H3;1H/b27-20+;/t15-,16?,17+,18+,19+,23-,24+,25-;/m1./s1. The van der Waals surface area contributed by atoms with Crippen LogP contribution >= 0.6 is 12.4 Å². The Morgan fingerprint density at radius 2 is 1.90 bits per heavy atom. The molecule has 8 atom stereocenters. The number of nitrogens with one attached hydrogen (secondary N) is 1. The molecule has 6 heteroatoms. The van der Waals surface area contributed by atoms with E-state index in [4.69, 9.17) is 4.84 Å². The van der Waals surface area contributed by atoms with Crippen molar-refractivity contribution >= 4 is 29.7 Å². The smallest absolute Gasteiger partial charge is 0.141 e. The van der Waals surface area contributed by atoms with Crippen molar-refractivity contribution in [3.8, 4) is 0 Å². The molecule has 1 saturated heterocycles. The summed E-state index contributed by atoms with van der Waals surface area (Å²) in [4.78, 5) is 32.2. The zero-order valence-corrected chi connectivity index (χ0v) is 20.1. The monoisotopic (exact) mass is 450 g/mol. The van der Waals surface area contributed by atoms with Gasteiger partial charge in [-0.3, -0.25) is 9.59 Å². The number of halogens is 1. The number of oxime groups is 1. The molecular formula is C25H39ClN2O3. The molecule has 31 heavy (non-hydrogen) atoms. The molecule has 5 fully saturated rings. The molecule has 174 valence electrons. The Morgan fingerprint density at radius 1 is 1.10 bits per heavy atom. The fourth-order valence-electron chi connectivity index (χ4n) is 8.36. The van der Waals surface area contributed by atoms with E-state index in [1.165, 1.54) is 0 Å². The normalized spacial score (nSPS) is 48.0. The van der Waals surface area contributed by atoms with Crippen LogP contribution in [0.3, 0.4) is 0 Å². The first-order valence-electron chi connectivity index (χ1n) is 12.4. The van der Waals surface area contributed by atoms with Gasteiger partial charge in [-0.25, -0.2) is 0 Å². The highest BCUT2D eigenvalue weighted by Gasteiger charge is 2.63. The lowest BCUT2D eigenvalue weighted by Gasteiger charge is -2.60. The lowest BCUT2D eigenvalue weighted by atomic mass is 9.43. The van der Waals surface area contributed by atoms with E-state index in [2.05, 4.69) is 31.2 Å². The summed E-state index contributed by atoms with van der Waals surface area (Å²) in [6, 6.07) is 0. The molecule has 0 amide bonds. The molecule has 1 heterocycles. The van der Waals surface area contributed by atoms with E-state index < -0.39 is 0 Å². The average Bonchev–Trinajstić information content (AvgIpc) is 3.34. The topological polar surface area (TPSA) is 67.8 Å². The number of rotatable bonds is 3. The highest BCUT2D eigenvalue weighted by Crippen LogP contribution is 2.65. The third kappa shape index (κ3) is 3.49. The Bertz CT molecular complexity index is 764. The van der Waals surface area contributed by atoms with Crippen LogP contribution in [0.25, 0.3) is 0 Å². The van der Waals surface area contributed by atoms with Gasteiger partial charge in [0.05, 0.1) is 5.71 Å². The second-order valence-corrected chi connectivity index (χ2v) is 11.3. The van der Waals surface area contributed by atoms with E-state index >= 15 is 0 Å². The number of hydrogen-bond donors (Lipinski definition) is 1. The first-order chi connectivity index (χ1) is 14.4. The van der Waals surface area contributed by atoms with Gasteiger partial charge in [0.25, 0.3) is 0 Å². The summed E-state index contributed by atoms with van der Waals surface area (Å²) >= 11 is 0. The van der Waals surface area contributed by atoms with E-state index in [0.717, 1.165) is 70.2 Å². The van der Waals surface area contributed by atoms with Gasteiger partial charge in [-0.05, 0) is 68.2 Å². The van der Waals surface area contributed by atoms with Gasteiger partial charge in [-0.15, -0.1) is 12.4 Å². The first-order valence-corrected chi connectivity index (χ1v) is 12.4. The average molecular weight is 451 g/mol. The van der Waals surface area contributed by atoms with E-state index in [1.807, 2.05) is 0 Å². The summed E-state index contributed by atoms with van der Waals surface area (Å²) in [5, 5.41) is 7.96. The van der Waals surface area contributed by atoms with Gasteiger partial charge >= 0.3 is 0 Å². The minimum atomic E-state index is -0.167. The fourth-order valence-corrected chi connectivity index (χ4v) is 8.36. The zero-order valence-electron chi connectivity index (χ0n) is 19.3. The molecule has 5 rings (SSSR count). The number of ketones is 2. The molecule has 1 aliphatic heterocycles. The van der Waals surface area contributed by atoms with E-state index in [1.54, 1.807) is 0 Å². The molecule has 0 aromatic carbocycles. The van der Waals surface area contributed by atoms with Crippen molar-refractivity contribution in [3.63, 3.8) is 0 Å². The van der Waals surface area contributed by atoms with Crippen LogP contribution in [0.2, 0.25) is 0 Å². The summed E-state index contributed by atoms with van der Waals surface area (Å²) in [5.74, 6) is 2.56. The van der Waals surface area contributed by atoms with Crippen molar-refractivity contribution in [2.75, 3.05) is 13.1 Å². The summed E-state index contributed by atoms with van der Waals surface area (Å²) < 4.78 is 0. The number of fused-ring (bicyclic) bond motifs is 5. The molecule has 0 radical (unpaired) electrons. The Balaban J connectivity index is 0.00000231. The quantitative estimate of drug-likeness (QED) is 0.639. The second kappa shape index (κ2) is 8.44. The van der Waals surface area contributed by atoms with Gasteiger partial charge in [-0.1, -0.05) is 25.9 Å². The molecule has 1 unspecified atom stereocenters. The minimum absolute atomic E-state index is 0. The number of carbonyl (C=O) groups excluding carboxylic acids is 2. The summed E-state index contributed by atoms with van der Waals surface area (Å²) in [5.41, 5.74) is 0.997. The van der Waals surface area contributed by atoms with Crippen LogP contribution in [0, 0.1) is 40.4 Å². The van der Waals surface area contributed by atoms with Crippen molar-refractivity contribution in [2.45, 2.75) is 84.7 Å². The molecule has 5 nitrogen and oxygen atoms in total. The number of hydrogen-bond acceptors (Lipinski definition) is 5. The molecule has 0 aromatic heterocycles. The Kier molecular flexibility index (Phi) is 6.33. The Labute approximate surface area is 192 Å².